The van der Waals surface area contributed by atoms with E-state index in [1.807, 2.05) is 23.9 Å². The number of halogens is 1. The highest BCUT2D eigenvalue weighted by Crippen LogP contribution is 2.42. The molecule has 7 heteroatoms. The third kappa shape index (κ3) is 3.75. The van der Waals surface area contributed by atoms with E-state index in [4.69, 9.17) is 0 Å². The fourth-order valence-electron chi connectivity index (χ4n) is 4.14. The molecule has 2 aliphatic rings. The van der Waals surface area contributed by atoms with Crippen LogP contribution in [0.4, 0.5) is 21.7 Å². The summed E-state index contributed by atoms with van der Waals surface area (Å²) in [5.74, 6) is 2.61. The van der Waals surface area contributed by atoms with Crippen molar-refractivity contribution in [3.8, 4) is 0 Å². The zero-order valence-corrected chi connectivity index (χ0v) is 17.7. The van der Waals surface area contributed by atoms with Gasteiger partial charge < -0.3 is 9.80 Å². The minimum Gasteiger partial charge on any atom is -0.354 e. The molecule has 3 aromatic rings. The minimum atomic E-state index is -0.186. The molecule has 2 aromatic carbocycles. The van der Waals surface area contributed by atoms with Crippen LogP contribution in [0.1, 0.15) is 18.5 Å². The van der Waals surface area contributed by atoms with Crippen LogP contribution in [0.5, 0.6) is 0 Å². The van der Waals surface area contributed by atoms with Crippen molar-refractivity contribution in [2.75, 3.05) is 41.9 Å². The number of benzene rings is 2. The van der Waals surface area contributed by atoms with Crippen molar-refractivity contribution in [1.82, 2.24) is 14.9 Å². The number of fused-ring (bicyclic) bond motifs is 1. The van der Waals surface area contributed by atoms with E-state index < -0.39 is 0 Å². The van der Waals surface area contributed by atoms with E-state index in [1.54, 1.807) is 18.5 Å². The molecule has 0 N–H and O–H groups in total. The van der Waals surface area contributed by atoms with Crippen molar-refractivity contribution >= 4 is 29.1 Å². The van der Waals surface area contributed by atoms with Crippen molar-refractivity contribution in [2.45, 2.75) is 17.9 Å². The normalized spacial score (nSPS) is 17.8. The van der Waals surface area contributed by atoms with E-state index >= 15 is 0 Å². The summed E-state index contributed by atoms with van der Waals surface area (Å²) in [6, 6.07) is 17.7. The second-order valence-corrected chi connectivity index (χ2v) is 8.64. The average molecular weight is 422 g/mol. The van der Waals surface area contributed by atoms with Gasteiger partial charge in [-0.2, -0.15) is 0 Å². The van der Waals surface area contributed by atoms with E-state index in [1.165, 1.54) is 10.6 Å². The van der Waals surface area contributed by atoms with Gasteiger partial charge in [-0.05, 0) is 36.8 Å². The molecule has 0 radical (unpaired) electrons. The Hall–Kier alpha value is -2.64. The molecule has 0 bridgehead atoms. The lowest BCUT2D eigenvalue weighted by Gasteiger charge is -2.38. The van der Waals surface area contributed by atoms with Gasteiger partial charge in [0.05, 0.1) is 11.6 Å². The van der Waals surface area contributed by atoms with Crippen LogP contribution in [0.25, 0.3) is 0 Å². The largest absolute Gasteiger partial charge is 0.354 e. The summed E-state index contributed by atoms with van der Waals surface area (Å²) in [4.78, 5) is 17.4. The molecule has 154 valence electrons. The minimum absolute atomic E-state index is 0.186. The molecule has 0 saturated carbocycles. The van der Waals surface area contributed by atoms with Crippen molar-refractivity contribution in [3.63, 3.8) is 0 Å². The fraction of sp³-hybridized carbons (Fsp3) is 0.304. The third-order valence-corrected chi connectivity index (χ3v) is 7.00. The number of anilines is 3. The SMILES string of the molecule is C[C@@H](c1ccc(F)cc1)N1CCN(c2cc(N3CSc4ccccc43)ncn2)CC1. The Bertz CT molecular complexity index is 1020. The average Bonchev–Trinajstić information content (AvgIpc) is 3.24. The summed E-state index contributed by atoms with van der Waals surface area (Å²) >= 11 is 1.84. The summed E-state index contributed by atoms with van der Waals surface area (Å²) < 4.78 is 13.2. The zero-order valence-electron chi connectivity index (χ0n) is 16.9. The van der Waals surface area contributed by atoms with Gasteiger partial charge in [0, 0.05) is 43.2 Å². The predicted molar refractivity (Wildman–Crippen MR) is 120 cm³/mol. The maximum Gasteiger partial charge on any atom is 0.139 e. The van der Waals surface area contributed by atoms with E-state index in [-0.39, 0.29) is 11.9 Å². The van der Waals surface area contributed by atoms with Crippen molar-refractivity contribution < 1.29 is 4.39 Å². The molecule has 1 saturated heterocycles. The molecule has 1 atom stereocenters. The molecule has 2 aliphatic heterocycles. The Morgan fingerprint density at radius 2 is 1.67 bits per heavy atom. The highest BCUT2D eigenvalue weighted by Gasteiger charge is 2.25. The summed E-state index contributed by atoms with van der Waals surface area (Å²) in [7, 11) is 0. The van der Waals surface area contributed by atoms with Gasteiger partial charge in [0.15, 0.2) is 0 Å². The molecule has 30 heavy (non-hydrogen) atoms. The Kier molecular flexibility index (Phi) is 5.31. The van der Waals surface area contributed by atoms with Crippen molar-refractivity contribution in [3.05, 3.63) is 72.3 Å². The van der Waals surface area contributed by atoms with Crippen LogP contribution < -0.4 is 9.80 Å². The standard InChI is InChI=1S/C23H24FN5S/c1-17(18-6-8-19(24)9-7-18)27-10-12-28(13-11-27)22-14-23(26-15-25-22)29-16-30-21-5-3-2-4-20(21)29/h2-9,14-15,17H,10-13,16H2,1H3/t17-/m0/s1. The molecule has 3 heterocycles. The second-order valence-electron chi connectivity index (χ2n) is 7.65. The van der Waals surface area contributed by atoms with Gasteiger partial charge in [-0.3, -0.25) is 4.90 Å². The van der Waals surface area contributed by atoms with Gasteiger partial charge in [0.1, 0.15) is 23.8 Å². The Labute approximate surface area is 180 Å². The van der Waals surface area contributed by atoms with Crippen LogP contribution in [0.3, 0.4) is 0 Å². The molecule has 5 nitrogen and oxygen atoms in total. The fourth-order valence-corrected chi connectivity index (χ4v) is 5.18. The third-order valence-electron chi connectivity index (χ3n) is 5.96. The molecule has 5 rings (SSSR count). The maximum absolute atomic E-state index is 13.2. The van der Waals surface area contributed by atoms with Crippen LogP contribution in [-0.2, 0) is 0 Å². The summed E-state index contributed by atoms with van der Waals surface area (Å²) in [6.45, 7) is 5.90. The smallest absolute Gasteiger partial charge is 0.139 e. The molecule has 0 amide bonds. The molecule has 0 unspecified atom stereocenters. The van der Waals surface area contributed by atoms with Crippen LogP contribution in [0, 0.1) is 5.82 Å². The Morgan fingerprint density at radius 1 is 0.933 bits per heavy atom. The number of rotatable bonds is 4. The number of piperazine rings is 1. The van der Waals surface area contributed by atoms with Gasteiger partial charge in [-0.25, -0.2) is 14.4 Å². The van der Waals surface area contributed by atoms with E-state index in [0.717, 1.165) is 49.3 Å². The van der Waals surface area contributed by atoms with Gasteiger partial charge in [0.25, 0.3) is 0 Å². The van der Waals surface area contributed by atoms with Crippen LogP contribution in [0.15, 0.2) is 65.8 Å². The Morgan fingerprint density at radius 3 is 2.47 bits per heavy atom. The summed E-state index contributed by atoms with van der Waals surface area (Å²) in [5, 5.41) is 0. The van der Waals surface area contributed by atoms with E-state index in [0.29, 0.717) is 0 Å². The van der Waals surface area contributed by atoms with Gasteiger partial charge in [0.2, 0.25) is 0 Å². The number of para-hydroxylation sites is 1. The van der Waals surface area contributed by atoms with Crippen LogP contribution >= 0.6 is 11.8 Å². The second kappa shape index (κ2) is 8.24. The van der Waals surface area contributed by atoms with Gasteiger partial charge >= 0.3 is 0 Å². The molecular formula is C23H24FN5S. The first kappa shape index (κ1) is 19.3. The lowest BCUT2D eigenvalue weighted by atomic mass is 10.1. The lowest BCUT2D eigenvalue weighted by Crippen LogP contribution is -2.47. The quantitative estimate of drug-likeness (QED) is 0.608. The maximum atomic E-state index is 13.2. The van der Waals surface area contributed by atoms with Gasteiger partial charge in [-0.1, -0.05) is 24.3 Å². The molecule has 1 aromatic heterocycles. The number of hydrogen-bond acceptors (Lipinski definition) is 6. The van der Waals surface area contributed by atoms with E-state index in [9.17, 15) is 4.39 Å². The number of hydrogen-bond donors (Lipinski definition) is 0. The van der Waals surface area contributed by atoms with Gasteiger partial charge in [-0.15, -0.1) is 11.8 Å². The first-order chi connectivity index (χ1) is 14.7. The zero-order chi connectivity index (χ0) is 20.5. The first-order valence-electron chi connectivity index (χ1n) is 10.2. The van der Waals surface area contributed by atoms with Crippen LogP contribution in [-0.4, -0.2) is 46.9 Å². The lowest BCUT2D eigenvalue weighted by molar-refractivity contribution is 0.198. The first-order valence-corrected chi connectivity index (χ1v) is 11.2. The predicted octanol–water partition coefficient (Wildman–Crippen LogP) is 4.70. The van der Waals surface area contributed by atoms with Crippen molar-refractivity contribution in [1.29, 1.82) is 0 Å². The molecule has 0 spiro atoms. The number of nitrogens with zero attached hydrogens (tertiary/aromatic N) is 5. The Balaban J connectivity index is 1.27. The van der Waals surface area contributed by atoms with Crippen molar-refractivity contribution in [2.24, 2.45) is 0 Å². The summed E-state index contributed by atoms with van der Waals surface area (Å²) in [6.07, 6.45) is 1.67. The molecule has 0 aliphatic carbocycles. The highest BCUT2D eigenvalue weighted by atomic mass is 32.2. The monoisotopic (exact) mass is 421 g/mol. The molecular weight excluding hydrogens is 397 g/mol. The topological polar surface area (TPSA) is 35.5 Å². The molecule has 1 fully saturated rings. The van der Waals surface area contributed by atoms with E-state index in [2.05, 4.69) is 61.9 Å². The summed E-state index contributed by atoms with van der Waals surface area (Å²) in [5.41, 5.74) is 2.37. The number of thioether (sulfide) groups is 1. The highest BCUT2D eigenvalue weighted by molar-refractivity contribution is 7.99. The van der Waals surface area contributed by atoms with Crippen LogP contribution in [0.2, 0.25) is 0 Å². The number of aromatic nitrogens is 2.